The minimum Gasteiger partial charge on any atom is -0.360 e. The molecular formula is C8H12N8OS. The minimum absolute atomic E-state index is 0.140. The Kier molecular flexibility index (Phi) is 3.77. The van der Waals surface area contributed by atoms with Gasteiger partial charge in [0.05, 0.1) is 7.05 Å². The molecule has 0 saturated carbocycles. The first kappa shape index (κ1) is 12.4. The first-order valence-electron chi connectivity index (χ1n) is 5.31. The molecule has 0 fully saturated rings. The third-order valence-electron chi connectivity index (χ3n) is 1.88. The molecule has 0 unspecified atom stereocenters. The summed E-state index contributed by atoms with van der Waals surface area (Å²) in [4.78, 5) is 13.0. The molecule has 2 N–H and O–H groups in total. The molecule has 0 aliphatic rings. The maximum Gasteiger partial charge on any atom is 0.289 e. The van der Waals surface area contributed by atoms with E-state index in [0.717, 1.165) is 13.0 Å². The molecule has 0 bridgehead atoms. The molecule has 1 amide bonds. The zero-order valence-corrected chi connectivity index (χ0v) is 10.7. The van der Waals surface area contributed by atoms with Gasteiger partial charge < -0.3 is 5.32 Å². The number of carbonyl (C=O) groups excluding carboxylic acids is 1. The van der Waals surface area contributed by atoms with Crippen molar-refractivity contribution in [2.24, 2.45) is 7.05 Å². The zero-order valence-electron chi connectivity index (χ0n) is 9.91. The maximum absolute atomic E-state index is 11.8. The van der Waals surface area contributed by atoms with E-state index in [2.05, 4.69) is 36.2 Å². The molecule has 2 rings (SSSR count). The third kappa shape index (κ3) is 2.97. The first-order valence-corrected chi connectivity index (χ1v) is 6.13. The van der Waals surface area contributed by atoms with Crippen molar-refractivity contribution in [1.29, 1.82) is 0 Å². The summed E-state index contributed by atoms with van der Waals surface area (Å²) in [5, 5.41) is 25.1. The van der Waals surface area contributed by atoms with Gasteiger partial charge in [-0.3, -0.25) is 10.1 Å². The fourth-order valence-electron chi connectivity index (χ4n) is 1.11. The van der Waals surface area contributed by atoms with Crippen molar-refractivity contribution in [3.63, 3.8) is 0 Å². The van der Waals surface area contributed by atoms with Crippen molar-refractivity contribution in [1.82, 2.24) is 30.4 Å². The summed E-state index contributed by atoms with van der Waals surface area (Å²) in [5.74, 6) is -0.259. The summed E-state index contributed by atoms with van der Waals surface area (Å²) in [6, 6.07) is 0. The number of nitrogens with one attached hydrogen (secondary N) is 2. The number of aryl methyl sites for hydroxylation is 1. The van der Waals surface area contributed by atoms with Gasteiger partial charge in [-0.25, -0.2) is 0 Å². The monoisotopic (exact) mass is 268 g/mol. The van der Waals surface area contributed by atoms with Gasteiger partial charge in [0.1, 0.15) is 0 Å². The van der Waals surface area contributed by atoms with E-state index in [1.807, 2.05) is 6.92 Å². The Balaban J connectivity index is 1.98. The highest BCUT2D eigenvalue weighted by molar-refractivity contribution is 7.17. The maximum atomic E-state index is 11.8. The second-order valence-corrected chi connectivity index (χ2v) is 4.37. The van der Waals surface area contributed by atoms with E-state index >= 15 is 0 Å². The van der Waals surface area contributed by atoms with Crippen LogP contribution in [0.4, 0.5) is 11.1 Å². The molecule has 9 nitrogen and oxygen atoms in total. The molecule has 0 spiro atoms. The number of aromatic nitrogens is 6. The lowest BCUT2D eigenvalue weighted by molar-refractivity contribution is 0.102. The normalized spacial score (nSPS) is 10.3. The standard InChI is InChI=1S/C8H12N8OS/c1-3-4-9-8-13-11-6(18-8)5(17)10-7-12-15-16(2)14-7/h3-4H2,1-2H3,(H,9,13)(H,10,14,17). The lowest BCUT2D eigenvalue weighted by atomic mass is 10.5. The summed E-state index contributed by atoms with van der Waals surface area (Å²) in [6.07, 6.45) is 0.977. The number of rotatable bonds is 5. The lowest BCUT2D eigenvalue weighted by Crippen LogP contribution is -2.13. The summed E-state index contributed by atoms with van der Waals surface area (Å²) in [7, 11) is 1.61. The fraction of sp³-hybridized carbons (Fsp3) is 0.500. The quantitative estimate of drug-likeness (QED) is 0.793. The number of hydrogen-bond acceptors (Lipinski definition) is 8. The predicted octanol–water partition coefficient (Wildman–Crippen LogP) is 0.136. The highest BCUT2D eigenvalue weighted by atomic mass is 32.1. The van der Waals surface area contributed by atoms with E-state index in [0.29, 0.717) is 5.13 Å². The van der Waals surface area contributed by atoms with E-state index in [1.54, 1.807) is 7.05 Å². The van der Waals surface area contributed by atoms with Crippen LogP contribution in [0, 0.1) is 0 Å². The minimum atomic E-state index is -0.398. The Hall–Kier alpha value is -2.10. The van der Waals surface area contributed by atoms with E-state index in [4.69, 9.17) is 0 Å². The largest absolute Gasteiger partial charge is 0.360 e. The van der Waals surface area contributed by atoms with Crippen LogP contribution in [0.2, 0.25) is 0 Å². The predicted molar refractivity (Wildman–Crippen MR) is 65.4 cm³/mol. The molecule has 10 heteroatoms. The molecule has 0 saturated heterocycles. The molecule has 2 aromatic heterocycles. The van der Waals surface area contributed by atoms with Crippen LogP contribution in [-0.4, -0.2) is 42.9 Å². The van der Waals surface area contributed by atoms with Gasteiger partial charge in [0.2, 0.25) is 10.1 Å². The number of anilines is 2. The van der Waals surface area contributed by atoms with Crippen LogP contribution in [0.3, 0.4) is 0 Å². The highest BCUT2D eigenvalue weighted by Crippen LogP contribution is 2.15. The highest BCUT2D eigenvalue weighted by Gasteiger charge is 2.14. The number of amides is 1. The lowest BCUT2D eigenvalue weighted by Gasteiger charge is -1.96. The molecule has 0 radical (unpaired) electrons. The van der Waals surface area contributed by atoms with E-state index in [1.165, 1.54) is 16.1 Å². The topological polar surface area (TPSA) is 111 Å². The van der Waals surface area contributed by atoms with Gasteiger partial charge in [-0.1, -0.05) is 23.4 Å². The van der Waals surface area contributed by atoms with Crippen molar-refractivity contribution in [2.75, 3.05) is 17.2 Å². The zero-order chi connectivity index (χ0) is 13.0. The second kappa shape index (κ2) is 5.49. The fourth-order valence-corrected chi connectivity index (χ4v) is 1.77. The van der Waals surface area contributed by atoms with Gasteiger partial charge in [0.15, 0.2) is 0 Å². The van der Waals surface area contributed by atoms with Crippen molar-refractivity contribution in [3.8, 4) is 0 Å². The van der Waals surface area contributed by atoms with E-state index in [9.17, 15) is 4.79 Å². The molecule has 0 aliphatic carbocycles. The molecule has 2 heterocycles. The van der Waals surface area contributed by atoms with Crippen LogP contribution in [-0.2, 0) is 7.05 Å². The summed E-state index contributed by atoms with van der Waals surface area (Å²) < 4.78 is 0. The van der Waals surface area contributed by atoms with Crippen LogP contribution in [0.5, 0.6) is 0 Å². The van der Waals surface area contributed by atoms with Crippen LogP contribution in [0.1, 0.15) is 23.1 Å². The molecule has 96 valence electrons. The molecule has 0 aromatic carbocycles. The van der Waals surface area contributed by atoms with Gasteiger partial charge in [-0.15, -0.1) is 15.3 Å². The third-order valence-corrected chi connectivity index (χ3v) is 2.76. The summed E-state index contributed by atoms with van der Waals surface area (Å²) in [6.45, 7) is 2.84. The van der Waals surface area contributed by atoms with Crippen LogP contribution in [0.15, 0.2) is 0 Å². The van der Waals surface area contributed by atoms with Crippen LogP contribution < -0.4 is 10.6 Å². The van der Waals surface area contributed by atoms with Crippen molar-refractivity contribution in [2.45, 2.75) is 13.3 Å². The van der Waals surface area contributed by atoms with Crippen LogP contribution >= 0.6 is 11.3 Å². The molecule has 0 aliphatic heterocycles. The van der Waals surface area contributed by atoms with Crippen molar-refractivity contribution >= 4 is 28.3 Å². The average Bonchev–Trinajstić information content (AvgIpc) is 2.96. The van der Waals surface area contributed by atoms with E-state index in [-0.39, 0.29) is 11.0 Å². The number of hydrogen-bond donors (Lipinski definition) is 2. The molecule has 18 heavy (non-hydrogen) atoms. The summed E-state index contributed by atoms with van der Waals surface area (Å²) in [5.41, 5.74) is 0. The van der Waals surface area contributed by atoms with E-state index < -0.39 is 5.91 Å². The van der Waals surface area contributed by atoms with Crippen molar-refractivity contribution in [3.05, 3.63) is 5.01 Å². The Labute approximate surface area is 107 Å². The van der Waals surface area contributed by atoms with Crippen molar-refractivity contribution < 1.29 is 4.79 Å². The molecular weight excluding hydrogens is 256 g/mol. The van der Waals surface area contributed by atoms with Gasteiger partial charge in [0.25, 0.3) is 11.9 Å². The smallest absolute Gasteiger partial charge is 0.289 e. The number of carbonyl (C=O) groups is 1. The van der Waals surface area contributed by atoms with Crippen LogP contribution in [0.25, 0.3) is 0 Å². The average molecular weight is 268 g/mol. The van der Waals surface area contributed by atoms with Gasteiger partial charge >= 0.3 is 0 Å². The SMILES string of the molecule is CCCNc1nnc(C(=O)Nc2nnn(C)n2)s1. The Morgan fingerprint density at radius 2 is 2.22 bits per heavy atom. The Morgan fingerprint density at radius 1 is 1.39 bits per heavy atom. The molecule has 2 aromatic rings. The van der Waals surface area contributed by atoms with Gasteiger partial charge in [-0.2, -0.15) is 4.80 Å². The van der Waals surface area contributed by atoms with Gasteiger partial charge in [-0.05, 0) is 11.6 Å². The first-order chi connectivity index (χ1) is 8.69. The number of tetrazole rings is 1. The summed E-state index contributed by atoms with van der Waals surface area (Å²) >= 11 is 1.18. The Bertz CT molecular complexity index is 535. The Morgan fingerprint density at radius 3 is 2.89 bits per heavy atom. The second-order valence-electron chi connectivity index (χ2n) is 3.40. The number of nitrogens with zero attached hydrogens (tertiary/aromatic N) is 6. The molecule has 0 atom stereocenters. The van der Waals surface area contributed by atoms with Gasteiger partial charge in [0, 0.05) is 6.54 Å².